The van der Waals surface area contributed by atoms with E-state index in [-0.39, 0.29) is 11.4 Å². The molecule has 0 spiro atoms. The summed E-state index contributed by atoms with van der Waals surface area (Å²) in [5, 5.41) is 18.3. The van der Waals surface area contributed by atoms with E-state index < -0.39 is 11.6 Å². The Kier molecular flexibility index (Phi) is 3.14. The normalized spacial score (nSPS) is 10.9. The molecule has 4 nitrogen and oxygen atoms in total. The lowest BCUT2D eigenvalue weighted by Crippen LogP contribution is -1.94. The van der Waals surface area contributed by atoms with Gasteiger partial charge >= 0.3 is 0 Å². The zero-order valence-corrected chi connectivity index (χ0v) is 9.34. The minimum Gasteiger partial charge on any atom is -0.508 e. The summed E-state index contributed by atoms with van der Waals surface area (Å²) in [6.07, 6.45) is 1.42. The topological polar surface area (TPSA) is 78.8 Å². The molecule has 0 aliphatic carbocycles. The van der Waals surface area contributed by atoms with Crippen LogP contribution >= 0.6 is 0 Å². The van der Waals surface area contributed by atoms with Gasteiger partial charge in [-0.3, -0.25) is 4.99 Å². The first kappa shape index (κ1) is 11.9. The number of nitrogens with zero attached hydrogens (tertiary/aromatic N) is 1. The van der Waals surface area contributed by atoms with E-state index in [4.69, 9.17) is 10.8 Å². The number of hydrogen-bond acceptors (Lipinski definition) is 4. The monoisotopic (exact) mass is 246 g/mol. The van der Waals surface area contributed by atoms with Crippen LogP contribution in [0.3, 0.4) is 0 Å². The number of rotatable bonds is 2. The maximum atomic E-state index is 13.0. The minimum absolute atomic E-state index is 0.146. The molecular formula is C13H11FN2O2. The summed E-state index contributed by atoms with van der Waals surface area (Å²) in [5.41, 5.74) is 6.81. The minimum atomic E-state index is -0.769. The number of nitrogens with two attached hydrogens (primary N) is 1. The number of hydrogen-bond donors (Lipinski definition) is 3. The third-order valence-corrected chi connectivity index (χ3v) is 2.35. The van der Waals surface area contributed by atoms with Gasteiger partial charge in [-0.25, -0.2) is 4.39 Å². The molecule has 0 aliphatic heterocycles. The number of anilines is 1. The fraction of sp³-hybridized carbons (Fsp3) is 0. The first-order valence-electron chi connectivity index (χ1n) is 5.17. The summed E-state index contributed by atoms with van der Waals surface area (Å²) in [6, 6.07) is 8.47. The van der Waals surface area contributed by atoms with Crippen LogP contribution in [0.15, 0.2) is 41.4 Å². The molecule has 0 aromatic heterocycles. The highest BCUT2D eigenvalue weighted by Gasteiger charge is 2.04. The zero-order valence-electron chi connectivity index (χ0n) is 9.34. The van der Waals surface area contributed by atoms with Gasteiger partial charge in [0.15, 0.2) is 11.6 Å². The summed E-state index contributed by atoms with van der Waals surface area (Å²) in [6.45, 7) is 0. The molecule has 0 bridgehead atoms. The number of aromatic hydroxyl groups is 2. The van der Waals surface area contributed by atoms with Gasteiger partial charge in [-0.1, -0.05) is 0 Å². The predicted molar refractivity (Wildman–Crippen MR) is 67.8 cm³/mol. The third kappa shape index (κ3) is 2.57. The Hall–Kier alpha value is -2.56. The maximum Gasteiger partial charge on any atom is 0.166 e. The maximum absolute atomic E-state index is 13.0. The molecule has 0 aliphatic rings. The van der Waals surface area contributed by atoms with Crippen LogP contribution in [0.4, 0.5) is 15.8 Å². The predicted octanol–water partition coefficient (Wildman–Crippen LogP) is 2.57. The molecule has 0 saturated carbocycles. The highest BCUT2D eigenvalue weighted by atomic mass is 19.1. The van der Waals surface area contributed by atoms with Gasteiger partial charge in [-0.2, -0.15) is 0 Å². The van der Waals surface area contributed by atoms with Crippen molar-refractivity contribution < 1.29 is 14.6 Å². The number of phenolic OH excluding ortho intramolecular Hbond substituents is 2. The molecule has 2 aromatic carbocycles. The van der Waals surface area contributed by atoms with Gasteiger partial charge in [0.25, 0.3) is 0 Å². The molecule has 0 fully saturated rings. The van der Waals surface area contributed by atoms with Gasteiger partial charge in [-0.15, -0.1) is 0 Å². The molecule has 4 N–H and O–H groups in total. The number of nitrogen functional groups attached to an aromatic ring is 1. The Morgan fingerprint density at radius 2 is 1.78 bits per heavy atom. The van der Waals surface area contributed by atoms with Crippen molar-refractivity contribution in [1.82, 2.24) is 0 Å². The smallest absolute Gasteiger partial charge is 0.166 e. The average molecular weight is 246 g/mol. The zero-order chi connectivity index (χ0) is 13.1. The Morgan fingerprint density at radius 3 is 2.44 bits per heavy atom. The standard InChI is InChI=1S/C13H11FN2O2/c14-11-6-12(15)8(5-13(11)18)7-16-9-1-3-10(17)4-2-9/h1-7,17-18H,15H2. The Morgan fingerprint density at radius 1 is 1.11 bits per heavy atom. The molecule has 2 rings (SSSR count). The highest BCUT2D eigenvalue weighted by molar-refractivity contribution is 5.89. The molecule has 0 heterocycles. The molecule has 0 saturated heterocycles. The van der Waals surface area contributed by atoms with Gasteiger partial charge in [-0.05, 0) is 30.3 Å². The second-order valence-electron chi connectivity index (χ2n) is 3.71. The summed E-state index contributed by atoms with van der Waals surface area (Å²) in [7, 11) is 0. The van der Waals surface area contributed by atoms with Crippen molar-refractivity contribution in [3.8, 4) is 11.5 Å². The quantitative estimate of drug-likeness (QED) is 0.433. The van der Waals surface area contributed by atoms with Crippen molar-refractivity contribution in [1.29, 1.82) is 0 Å². The molecule has 0 radical (unpaired) electrons. The van der Waals surface area contributed by atoms with Crippen molar-refractivity contribution in [2.45, 2.75) is 0 Å². The van der Waals surface area contributed by atoms with Crippen molar-refractivity contribution in [3.05, 3.63) is 47.8 Å². The number of benzene rings is 2. The van der Waals surface area contributed by atoms with Crippen molar-refractivity contribution >= 4 is 17.6 Å². The van der Waals surface area contributed by atoms with E-state index in [1.165, 1.54) is 24.4 Å². The third-order valence-electron chi connectivity index (χ3n) is 2.35. The van der Waals surface area contributed by atoms with E-state index >= 15 is 0 Å². The second-order valence-corrected chi connectivity index (χ2v) is 3.71. The number of aliphatic imine (C=N–C) groups is 1. The Bertz CT molecular complexity index is 595. The van der Waals surface area contributed by atoms with Gasteiger partial charge in [0.2, 0.25) is 0 Å². The molecule has 5 heteroatoms. The van der Waals surface area contributed by atoms with Gasteiger partial charge in [0.05, 0.1) is 5.69 Å². The highest BCUT2D eigenvalue weighted by Crippen LogP contribution is 2.22. The first-order valence-corrected chi connectivity index (χ1v) is 5.17. The van der Waals surface area contributed by atoms with Crippen LogP contribution in [0.25, 0.3) is 0 Å². The van der Waals surface area contributed by atoms with Crippen molar-refractivity contribution in [2.24, 2.45) is 4.99 Å². The van der Waals surface area contributed by atoms with Crippen LogP contribution in [-0.2, 0) is 0 Å². The molecule has 18 heavy (non-hydrogen) atoms. The number of phenols is 2. The number of halogens is 1. The van der Waals surface area contributed by atoms with Crippen LogP contribution in [0.1, 0.15) is 5.56 Å². The van der Waals surface area contributed by atoms with E-state index in [1.54, 1.807) is 12.1 Å². The van der Waals surface area contributed by atoms with Crippen LogP contribution in [-0.4, -0.2) is 16.4 Å². The first-order chi connectivity index (χ1) is 8.56. The van der Waals surface area contributed by atoms with E-state index in [9.17, 15) is 9.50 Å². The fourth-order valence-electron chi connectivity index (χ4n) is 1.39. The van der Waals surface area contributed by atoms with Crippen LogP contribution in [0.2, 0.25) is 0 Å². The molecule has 2 aromatic rings. The fourth-order valence-corrected chi connectivity index (χ4v) is 1.39. The average Bonchev–Trinajstić information content (AvgIpc) is 2.34. The van der Waals surface area contributed by atoms with Crippen molar-refractivity contribution in [2.75, 3.05) is 5.73 Å². The summed E-state index contributed by atoms with van der Waals surface area (Å²) in [4.78, 5) is 4.10. The van der Waals surface area contributed by atoms with E-state index in [1.807, 2.05) is 0 Å². The van der Waals surface area contributed by atoms with Crippen LogP contribution in [0.5, 0.6) is 11.5 Å². The molecule has 0 unspecified atom stereocenters. The van der Waals surface area contributed by atoms with E-state index in [0.717, 1.165) is 6.07 Å². The van der Waals surface area contributed by atoms with Crippen LogP contribution < -0.4 is 5.73 Å². The van der Waals surface area contributed by atoms with Crippen LogP contribution in [0, 0.1) is 5.82 Å². The lowest BCUT2D eigenvalue weighted by atomic mass is 10.2. The van der Waals surface area contributed by atoms with Gasteiger partial charge < -0.3 is 15.9 Å². The molecule has 0 amide bonds. The van der Waals surface area contributed by atoms with Gasteiger partial charge in [0.1, 0.15) is 5.75 Å². The molecule has 0 atom stereocenters. The lowest BCUT2D eigenvalue weighted by molar-refractivity contribution is 0.432. The lowest BCUT2D eigenvalue weighted by Gasteiger charge is -2.02. The summed E-state index contributed by atoms with van der Waals surface area (Å²) in [5.74, 6) is -1.10. The Balaban J connectivity index is 2.28. The van der Waals surface area contributed by atoms with Crippen molar-refractivity contribution in [3.63, 3.8) is 0 Å². The Labute approximate surface area is 103 Å². The largest absolute Gasteiger partial charge is 0.508 e. The van der Waals surface area contributed by atoms with E-state index in [0.29, 0.717) is 11.3 Å². The van der Waals surface area contributed by atoms with E-state index in [2.05, 4.69) is 4.99 Å². The molecular weight excluding hydrogens is 235 g/mol. The second kappa shape index (κ2) is 4.75. The summed E-state index contributed by atoms with van der Waals surface area (Å²) >= 11 is 0. The summed E-state index contributed by atoms with van der Waals surface area (Å²) < 4.78 is 13.0. The molecule has 92 valence electrons. The SMILES string of the molecule is Nc1cc(F)c(O)cc1C=Nc1ccc(O)cc1. The van der Waals surface area contributed by atoms with Gasteiger partial charge in [0, 0.05) is 23.5 Å².